The van der Waals surface area contributed by atoms with Crippen LogP contribution in [0.1, 0.15) is 42.3 Å². The van der Waals surface area contributed by atoms with E-state index in [0.29, 0.717) is 23.2 Å². The highest BCUT2D eigenvalue weighted by atomic mass is 32.1. The lowest BCUT2D eigenvalue weighted by molar-refractivity contribution is 0.0958. The van der Waals surface area contributed by atoms with Crippen molar-refractivity contribution in [2.24, 2.45) is 23.7 Å². The monoisotopic (exact) mass is 305 g/mol. The highest BCUT2D eigenvalue weighted by molar-refractivity contribution is 7.18. The SMILES string of the molecule is CCCNC(=O)c1sc(NC2C3C4CCC(C4)C23)cc1N. The van der Waals surface area contributed by atoms with Gasteiger partial charge in [-0.05, 0) is 55.4 Å². The Bertz CT molecular complexity index is 554. The molecule has 2 bridgehead atoms. The maximum Gasteiger partial charge on any atom is 0.263 e. The number of thiophene rings is 1. The van der Waals surface area contributed by atoms with Crippen molar-refractivity contribution in [1.82, 2.24) is 5.32 Å². The van der Waals surface area contributed by atoms with Crippen molar-refractivity contribution in [3.05, 3.63) is 10.9 Å². The number of amides is 1. The topological polar surface area (TPSA) is 67.2 Å². The molecule has 1 aromatic rings. The molecule has 0 saturated heterocycles. The summed E-state index contributed by atoms with van der Waals surface area (Å²) in [6.45, 7) is 2.75. The van der Waals surface area contributed by atoms with Crippen molar-refractivity contribution < 1.29 is 4.79 Å². The average Bonchev–Trinajstić information content (AvgIpc) is 2.85. The van der Waals surface area contributed by atoms with Crippen LogP contribution in [0.5, 0.6) is 0 Å². The Labute approximate surface area is 129 Å². The molecular formula is C16H23N3OS. The van der Waals surface area contributed by atoms with Gasteiger partial charge in [0.2, 0.25) is 0 Å². The summed E-state index contributed by atoms with van der Waals surface area (Å²) >= 11 is 1.50. The van der Waals surface area contributed by atoms with E-state index in [-0.39, 0.29) is 5.91 Å². The molecule has 3 aliphatic carbocycles. The van der Waals surface area contributed by atoms with Gasteiger partial charge in [0.05, 0.1) is 10.7 Å². The van der Waals surface area contributed by atoms with Crippen LogP contribution in [0.3, 0.4) is 0 Å². The fourth-order valence-electron chi connectivity index (χ4n) is 4.66. The van der Waals surface area contributed by atoms with Crippen molar-refractivity contribution in [1.29, 1.82) is 0 Å². The number of nitrogen functional groups attached to an aromatic ring is 1. The number of nitrogens with one attached hydrogen (secondary N) is 2. The summed E-state index contributed by atoms with van der Waals surface area (Å²) in [4.78, 5) is 12.7. The predicted molar refractivity (Wildman–Crippen MR) is 86.6 cm³/mol. The molecule has 0 radical (unpaired) electrons. The molecule has 4 unspecified atom stereocenters. The normalized spacial score (nSPS) is 35.6. The fourth-order valence-corrected chi connectivity index (χ4v) is 5.60. The predicted octanol–water partition coefficient (Wildman–Crippen LogP) is 2.93. The number of hydrogen-bond acceptors (Lipinski definition) is 4. The lowest BCUT2D eigenvalue weighted by atomic mass is 10.0. The van der Waals surface area contributed by atoms with Crippen molar-refractivity contribution >= 4 is 27.9 Å². The summed E-state index contributed by atoms with van der Waals surface area (Å²) < 4.78 is 0. The van der Waals surface area contributed by atoms with Gasteiger partial charge in [-0.15, -0.1) is 11.3 Å². The molecule has 5 heteroatoms. The Morgan fingerprint density at radius 2 is 2.10 bits per heavy atom. The van der Waals surface area contributed by atoms with E-state index >= 15 is 0 Å². The summed E-state index contributed by atoms with van der Waals surface area (Å²) in [6.07, 6.45) is 5.27. The van der Waals surface area contributed by atoms with Gasteiger partial charge in [0.1, 0.15) is 4.88 Å². The molecule has 0 aromatic carbocycles. The summed E-state index contributed by atoms with van der Waals surface area (Å²) in [6, 6.07) is 2.57. The number of nitrogens with two attached hydrogens (primary N) is 1. The molecule has 4 nitrogen and oxygen atoms in total. The van der Waals surface area contributed by atoms with Gasteiger partial charge < -0.3 is 16.4 Å². The van der Waals surface area contributed by atoms with Gasteiger partial charge in [-0.25, -0.2) is 0 Å². The molecule has 21 heavy (non-hydrogen) atoms. The van der Waals surface area contributed by atoms with E-state index in [1.165, 1.54) is 30.6 Å². The zero-order valence-corrected chi connectivity index (χ0v) is 13.2. The molecule has 4 atom stereocenters. The van der Waals surface area contributed by atoms with Crippen LogP contribution >= 0.6 is 11.3 Å². The zero-order valence-electron chi connectivity index (χ0n) is 12.4. The first kappa shape index (κ1) is 13.4. The van der Waals surface area contributed by atoms with Crippen LogP contribution in [0.25, 0.3) is 0 Å². The molecule has 114 valence electrons. The molecule has 3 fully saturated rings. The Morgan fingerprint density at radius 1 is 1.38 bits per heavy atom. The molecule has 1 amide bonds. The second-order valence-corrected chi connectivity index (χ2v) is 7.86. The van der Waals surface area contributed by atoms with Crippen molar-refractivity contribution in [3.63, 3.8) is 0 Å². The maximum absolute atomic E-state index is 12.0. The van der Waals surface area contributed by atoms with Gasteiger partial charge in [0.25, 0.3) is 5.91 Å². The van der Waals surface area contributed by atoms with Crippen molar-refractivity contribution in [2.75, 3.05) is 17.6 Å². The van der Waals surface area contributed by atoms with Gasteiger partial charge in [-0.2, -0.15) is 0 Å². The van der Waals surface area contributed by atoms with E-state index in [0.717, 1.165) is 35.1 Å². The van der Waals surface area contributed by atoms with E-state index in [1.54, 1.807) is 0 Å². The number of carbonyl (C=O) groups excluding carboxylic acids is 1. The first-order valence-corrected chi connectivity index (χ1v) is 8.94. The van der Waals surface area contributed by atoms with Gasteiger partial charge in [0.15, 0.2) is 0 Å². The van der Waals surface area contributed by atoms with Crippen LogP contribution in [-0.4, -0.2) is 18.5 Å². The molecule has 1 heterocycles. The number of carbonyl (C=O) groups is 1. The largest absolute Gasteiger partial charge is 0.397 e. The van der Waals surface area contributed by atoms with Crippen LogP contribution in [-0.2, 0) is 0 Å². The van der Waals surface area contributed by atoms with Gasteiger partial charge in [-0.1, -0.05) is 6.92 Å². The molecule has 4 rings (SSSR count). The van der Waals surface area contributed by atoms with E-state index < -0.39 is 0 Å². The Hall–Kier alpha value is -1.23. The molecular weight excluding hydrogens is 282 g/mol. The average molecular weight is 305 g/mol. The highest BCUT2D eigenvalue weighted by Gasteiger charge is 2.65. The quantitative estimate of drug-likeness (QED) is 0.783. The molecule has 0 spiro atoms. The Kier molecular flexibility index (Phi) is 3.14. The first-order valence-electron chi connectivity index (χ1n) is 8.13. The third-order valence-electron chi connectivity index (χ3n) is 5.55. The van der Waals surface area contributed by atoms with Crippen LogP contribution in [0.2, 0.25) is 0 Å². The second kappa shape index (κ2) is 4.90. The van der Waals surface area contributed by atoms with Crippen LogP contribution in [0.15, 0.2) is 6.07 Å². The van der Waals surface area contributed by atoms with Crippen LogP contribution in [0.4, 0.5) is 10.7 Å². The van der Waals surface area contributed by atoms with E-state index in [9.17, 15) is 4.79 Å². The number of rotatable bonds is 5. The first-order chi connectivity index (χ1) is 10.2. The minimum atomic E-state index is -0.0385. The maximum atomic E-state index is 12.0. The molecule has 0 aliphatic heterocycles. The van der Waals surface area contributed by atoms with Crippen molar-refractivity contribution in [2.45, 2.75) is 38.6 Å². The fraction of sp³-hybridized carbons (Fsp3) is 0.688. The minimum absolute atomic E-state index is 0.0385. The lowest BCUT2D eigenvalue weighted by Gasteiger charge is -2.09. The standard InChI is InChI=1S/C16H23N3OS/c1-2-5-18-16(20)15-10(17)7-11(21-15)19-14-12-8-3-4-9(6-8)13(12)14/h7-9,12-14,19H,2-6,17H2,1H3,(H,18,20). The lowest BCUT2D eigenvalue weighted by Crippen LogP contribution is -2.23. The van der Waals surface area contributed by atoms with Crippen LogP contribution < -0.4 is 16.4 Å². The molecule has 3 saturated carbocycles. The molecule has 1 aromatic heterocycles. The zero-order chi connectivity index (χ0) is 14.6. The minimum Gasteiger partial charge on any atom is -0.397 e. The Morgan fingerprint density at radius 3 is 2.76 bits per heavy atom. The van der Waals surface area contributed by atoms with Crippen LogP contribution in [0, 0.1) is 23.7 Å². The smallest absolute Gasteiger partial charge is 0.263 e. The van der Waals surface area contributed by atoms with E-state index in [2.05, 4.69) is 10.6 Å². The molecule has 3 aliphatic rings. The number of hydrogen-bond donors (Lipinski definition) is 3. The Balaban J connectivity index is 1.42. The van der Waals surface area contributed by atoms with E-state index in [1.807, 2.05) is 13.0 Å². The summed E-state index contributed by atoms with van der Waals surface area (Å²) in [7, 11) is 0. The highest BCUT2D eigenvalue weighted by Crippen LogP contribution is 2.66. The van der Waals surface area contributed by atoms with Gasteiger partial charge in [0, 0.05) is 12.6 Å². The second-order valence-electron chi connectivity index (χ2n) is 6.81. The van der Waals surface area contributed by atoms with Crippen molar-refractivity contribution in [3.8, 4) is 0 Å². The third-order valence-corrected chi connectivity index (χ3v) is 6.63. The number of anilines is 2. The van der Waals surface area contributed by atoms with E-state index in [4.69, 9.17) is 5.73 Å². The summed E-state index contributed by atoms with van der Waals surface area (Å²) in [5.74, 6) is 3.67. The van der Waals surface area contributed by atoms with Gasteiger partial charge >= 0.3 is 0 Å². The number of fused-ring (bicyclic) bond motifs is 5. The summed E-state index contributed by atoms with van der Waals surface area (Å²) in [5, 5.41) is 7.61. The third kappa shape index (κ3) is 2.13. The van der Waals surface area contributed by atoms with Gasteiger partial charge in [-0.3, -0.25) is 4.79 Å². The summed E-state index contributed by atoms with van der Waals surface area (Å²) in [5.41, 5.74) is 6.60. The molecule has 4 N–H and O–H groups in total.